The Morgan fingerprint density at radius 2 is 1.90 bits per heavy atom. The van der Waals surface area contributed by atoms with Gasteiger partial charge in [0.15, 0.2) is 11.5 Å². The fourth-order valence-corrected chi connectivity index (χ4v) is 3.15. The molecule has 1 aliphatic rings. The zero-order valence-electron chi connectivity index (χ0n) is 17.0. The van der Waals surface area contributed by atoms with Gasteiger partial charge in [0.2, 0.25) is 11.8 Å². The van der Waals surface area contributed by atoms with E-state index in [1.54, 1.807) is 37.3 Å². The Morgan fingerprint density at radius 1 is 1.10 bits per heavy atom. The second-order valence-electron chi connectivity index (χ2n) is 6.62. The molecule has 1 N–H and O–H groups in total. The number of amides is 2. The molecule has 1 heterocycles. The lowest BCUT2D eigenvalue weighted by Crippen LogP contribution is -2.33. The number of nitrogens with zero attached hydrogens (tertiary/aromatic N) is 1. The first-order chi connectivity index (χ1) is 14.6. The van der Waals surface area contributed by atoms with Crippen LogP contribution in [0, 0.1) is 17.8 Å². The highest BCUT2D eigenvalue weighted by molar-refractivity contribution is 6.00. The number of hydrogen-bond acceptors (Lipinski definition) is 5. The van der Waals surface area contributed by atoms with Crippen molar-refractivity contribution in [3.05, 3.63) is 48.5 Å². The number of benzene rings is 2. The van der Waals surface area contributed by atoms with E-state index in [9.17, 15) is 9.59 Å². The third-order valence-electron chi connectivity index (χ3n) is 4.71. The van der Waals surface area contributed by atoms with Crippen LogP contribution in [-0.4, -0.2) is 45.7 Å². The van der Waals surface area contributed by atoms with Crippen molar-refractivity contribution in [3.63, 3.8) is 0 Å². The van der Waals surface area contributed by atoms with Crippen molar-refractivity contribution in [3.8, 4) is 29.1 Å². The zero-order chi connectivity index (χ0) is 21.3. The summed E-state index contributed by atoms with van der Waals surface area (Å²) in [6.45, 7) is 0.710. The summed E-state index contributed by atoms with van der Waals surface area (Å²) >= 11 is 0. The van der Waals surface area contributed by atoms with Gasteiger partial charge < -0.3 is 24.4 Å². The summed E-state index contributed by atoms with van der Waals surface area (Å²) < 4.78 is 16.0. The first-order valence-corrected chi connectivity index (χ1v) is 9.56. The lowest BCUT2D eigenvalue weighted by molar-refractivity contribution is -0.126. The van der Waals surface area contributed by atoms with Gasteiger partial charge in [-0.2, -0.15) is 0 Å². The molecule has 0 aliphatic carbocycles. The Hall–Kier alpha value is -3.66. The minimum atomic E-state index is -0.407. The first-order valence-electron chi connectivity index (χ1n) is 9.56. The summed E-state index contributed by atoms with van der Waals surface area (Å²) in [5.41, 5.74) is 0.725. The van der Waals surface area contributed by atoms with E-state index in [1.807, 2.05) is 30.3 Å². The number of methoxy groups -OCH3 is 2. The van der Waals surface area contributed by atoms with Gasteiger partial charge in [-0.05, 0) is 24.3 Å². The van der Waals surface area contributed by atoms with E-state index in [1.165, 1.54) is 0 Å². The quantitative estimate of drug-likeness (QED) is 0.711. The summed E-state index contributed by atoms with van der Waals surface area (Å²) in [5, 5.41) is 2.76. The van der Waals surface area contributed by atoms with Gasteiger partial charge in [0, 0.05) is 24.7 Å². The monoisotopic (exact) mass is 408 g/mol. The van der Waals surface area contributed by atoms with E-state index in [4.69, 9.17) is 14.2 Å². The van der Waals surface area contributed by atoms with Crippen LogP contribution in [0.25, 0.3) is 0 Å². The zero-order valence-corrected chi connectivity index (χ0v) is 17.0. The van der Waals surface area contributed by atoms with Crippen LogP contribution >= 0.6 is 0 Å². The van der Waals surface area contributed by atoms with Crippen molar-refractivity contribution in [1.29, 1.82) is 0 Å². The lowest BCUT2D eigenvalue weighted by Gasteiger charge is -2.17. The first kappa shape index (κ1) is 21.1. The van der Waals surface area contributed by atoms with Crippen LogP contribution in [0.15, 0.2) is 48.5 Å². The maximum Gasteiger partial charge on any atom is 0.227 e. The highest BCUT2D eigenvalue weighted by atomic mass is 16.5. The second-order valence-corrected chi connectivity index (χ2v) is 6.62. The van der Waals surface area contributed by atoms with Gasteiger partial charge in [-0.1, -0.05) is 30.0 Å². The van der Waals surface area contributed by atoms with Crippen LogP contribution < -0.4 is 24.4 Å². The van der Waals surface area contributed by atoms with Crippen LogP contribution in [0.2, 0.25) is 0 Å². The molecule has 0 spiro atoms. The molecule has 1 saturated heterocycles. The minimum Gasteiger partial charge on any atom is -0.497 e. The molecule has 0 radical (unpaired) electrons. The molecule has 156 valence electrons. The van der Waals surface area contributed by atoms with E-state index in [-0.39, 0.29) is 31.4 Å². The number of rotatable bonds is 7. The highest BCUT2D eigenvalue weighted by Gasteiger charge is 2.35. The molecule has 0 aromatic heterocycles. The van der Waals surface area contributed by atoms with Crippen LogP contribution in [0.4, 0.5) is 5.69 Å². The van der Waals surface area contributed by atoms with Crippen molar-refractivity contribution in [2.24, 2.45) is 5.92 Å². The fraction of sp³-hybridized carbons (Fsp3) is 0.304. The molecule has 1 atom stereocenters. The Kier molecular flexibility index (Phi) is 7.17. The average molecular weight is 408 g/mol. The van der Waals surface area contributed by atoms with Crippen molar-refractivity contribution >= 4 is 17.5 Å². The predicted octanol–water partition coefficient (Wildman–Crippen LogP) is 2.26. The fourth-order valence-electron chi connectivity index (χ4n) is 3.15. The number of anilines is 1. The summed E-state index contributed by atoms with van der Waals surface area (Å²) in [5.74, 6) is 6.95. The smallest absolute Gasteiger partial charge is 0.227 e. The van der Waals surface area contributed by atoms with Gasteiger partial charge in [0.25, 0.3) is 0 Å². The molecular weight excluding hydrogens is 384 g/mol. The van der Waals surface area contributed by atoms with E-state index < -0.39 is 5.92 Å². The lowest BCUT2D eigenvalue weighted by atomic mass is 10.1. The number of carbonyl (C=O) groups is 2. The molecule has 7 nitrogen and oxygen atoms in total. The number of carbonyl (C=O) groups excluding carboxylic acids is 2. The molecule has 1 fully saturated rings. The molecule has 1 aliphatic heterocycles. The Balaban J connectivity index is 1.46. The van der Waals surface area contributed by atoms with Gasteiger partial charge in [0.05, 0.1) is 26.7 Å². The molecule has 7 heteroatoms. The largest absolute Gasteiger partial charge is 0.497 e. The van der Waals surface area contributed by atoms with Crippen molar-refractivity contribution in [2.45, 2.75) is 6.42 Å². The summed E-state index contributed by atoms with van der Waals surface area (Å²) in [4.78, 5) is 26.4. The Bertz CT molecular complexity index is 963. The summed E-state index contributed by atoms with van der Waals surface area (Å²) in [6.07, 6.45) is 0.174. The highest BCUT2D eigenvalue weighted by Crippen LogP contribution is 2.28. The van der Waals surface area contributed by atoms with Gasteiger partial charge in [-0.15, -0.1) is 0 Å². The third-order valence-corrected chi connectivity index (χ3v) is 4.71. The minimum absolute atomic E-state index is 0.0836. The van der Waals surface area contributed by atoms with Crippen molar-refractivity contribution in [1.82, 2.24) is 5.32 Å². The average Bonchev–Trinajstić information content (AvgIpc) is 3.18. The van der Waals surface area contributed by atoms with Gasteiger partial charge in [0.1, 0.15) is 12.4 Å². The van der Waals surface area contributed by atoms with E-state index >= 15 is 0 Å². The standard InChI is InChI=1S/C23H24N2O5/c1-28-19-9-7-8-18(15-19)25-16-17(14-22(25)26)23(27)24-12-5-6-13-30-21-11-4-3-10-20(21)29-2/h3-4,7-11,15,17H,12-14,16H2,1-2H3,(H,24,27). The molecule has 3 rings (SSSR count). The SMILES string of the molecule is COc1cccc(N2CC(C(=O)NCC#CCOc3ccccc3OC)CC2=O)c1. The van der Waals surface area contributed by atoms with Crippen LogP contribution in [0.5, 0.6) is 17.2 Å². The number of hydrogen-bond donors (Lipinski definition) is 1. The molecule has 30 heavy (non-hydrogen) atoms. The van der Waals surface area contributed by atoms with Crippen LogP contribution in [0.1, 0.15) is 6.42 Å². The van der Waals surface area contributed by atoms with E-state index in [0.29, 0.717) is 23.8 Å². The van der Waals surface area contributed by atoms with E-state index in [2.05, 4.69) is 17.2 Å². The Morgan fingerprint density at radius 3 is 2.67 bits per heavy atom. The summed E-state index contributed by atoms with van der Waals surface area (Å²) in [7, 11) is 3.15. The maximum atomic E-state index is 12.4. The molecule has 0 bridgehead atoms. The van der Waals surface area contributed by atoms with Crippen LogP contribution in [-0.2, 0) is 9.59 Å². The maximum absolute atomic E-state index is 12.4. The number of ether oxygens (including phenoxy) is 3. The van der Waals surface area contributed by atoms with Gasteiger partial charge >= 0.3 is 0 Å². The molecule has 2 aromatic rings. The number of nitrogens with one attached hydrogen (secondary N) is 1. The molecule has 0 saturated carbocycles. The molecule has 1 unspecified atom stereocenters. The molecule has 2 aromatic carbocycles. The molecule has 2 amide bonds. The second kappa shape index (κ2) is 10.2. The van der Waals surface area contributed by atoms with E-state index in [0.717, 1.165) is 5.69 Å². The van der Waals surface area contributed by atoms with Gasteiger partial charge in [-0.3, -0.25) is 9.59 Å². The Labute approximate surface area is 175 Å². The van der Waals surface area contributed by atoms with Crippen molar-refractivity contribution < 1.29 is 23.8 Å². The normalized spacial score (nSPS) is 15.2. The van der Waals surface area contributed by atoms with Crippen LogP contribution in [0.3, 0.4) is 0 Å². The topological polar surface area (TPSA) is 77.1 Å². The summed E-state index contributed by atoms with van der Waals surface area (Å²) in [6, 6.07) is 14.6. The number of para-hydroxylation sites is 2. The van der Waals surface area contributed by atoms with Crippen molar-refractivity contribution in [2.75, 3.05) is 38.8 Å². The predicted molar refractivity (Wildman–Crippen MR) is 113 cm³/mol. The molecular formula is C23H24N2O5. The third kappa shape index (κ3) is 5.23. The van der Waals surface area contributed by atoms with Gasteiger partial charge in [-0.25, -0.2) is 0 Å².